The molecule has 17 heavy (non-hydrogen) atoms. The fourth-order valence-electron chi connectivity index (χ4n) is 1.85. The minimum Gasteiger partial charge on any atom is -0.481 e. The van der Waals surface area contributed by atoms with Crippen molar-refractivity contribution in [1.82, 2.24) is 0 Å². The first kappa shape index (κ1) is 13.8. The topological polar surface area (TPSA) is 52.3 Å². The summed E-state index contributed by atoms with van der Waals surface area (Å²) in [4.78, 5) is 11.1. The van der Waals surface area contributed by atoms with Gasteiger partial charge in [0.25, 0.3) is 5.91 Å². The number of hydrogen-bond donors (Lipinski definition) is 1. The summed E-state index contributed by atoms with van der Waals surface area (Å²) in [7, 11) is 0. The average Bonchev–Trinajstić information content (AvgIpc) is 2.24. The van der Waals surface area contributed by atoms with E-state index in [1.54, 1.807) is 0 Å². The molecule has 1 rings (SSSR count). The molecule has 3 nitrogen and oxygen atoms in total. The smallest absolute Gasteiger partial charge is 0.258 e. The largest absolute Gasteiger partial charge is 0.481 e. The van der Waals surface area contributed by atoms with E-state index in [0.29, 0.717) is 6.42 Å². The van der Waals surface area contributed by atoms with Gasteiger partial charge in [-0.1, -0.05) is 33.3 Å². The van der Waals surface area contributed by atoms with Crippen molar-refractivity contribution in [3.05, 3.63) is 23.5 Å². The molecule has 1 aliphatic carbocycles. The number of amides is 1. The maximum atomic E-state index is 11.1. The van der Waals surface area contributed by atoms with E-state index < -0.39 is 12.0 Å². The van der Waals surface area contributed by atoms with Gasteiger partial charge in [0.05, 0.1) is 0 Å². The van der Waals surface area contributed by atoms with Crippen LogP contribution < -0.4 is 5.73 Å². The van der Waals surface area contributed by atoms with E-state index in [2.05, 4.69) is 26.8 Å². The van der Waals surface area contributed by atoms with Crippen molar-refractivity contribution in [1.29, 1.82) is 0 Å². The Morgan fingerprint density at radius 1 is 1.53 bits per heavy atom. The molecule has 1 amide bonds. The summed E-state index contributed by atoms with van der Waals surface area (Å²) in [5.41, 5.74) is 6.78. The predicted octanol–water partition coefficient (Wildman–Crippen LogP) is 2.92. The van der Waals surface area contributed by atoms with Crippen LogP contribution in [-0.4, -0.2) is 12.0 Å². The Labute approximate surface area is 104 Å². The van der Waals surface area contributed by atoms with Crippen LogP contribution in [0, 0.1) is 5.41 Å². The van der Waals surface area contributed by atoms with Gasteiger partial charge < -0.3 is 10.5 Å². The molecule has 1 unspecified atom stereocenters. The van der Waals surface area contributed by atoms with Crippen molar-refractivity contribution in [2.75, 3.05) is 0 Å². The van der Waals surface area contributed by atoms with Crippen LogP contribution in [0.4, 0.5) is 0 Å². The Hall–Kier alpha value is -1.25. The normalized spacial score (nSPS) is 18.1. The van der Waals surface area contributed by atoms with Crippen LogP contribution in [0.5, 0.6) is 0 Å². The molecule has 1 aliphatic rings. The summed E-state index contributed by atoms with van der Waals surface area (Å²) in [6.07, 6.45) is 6.19. The first-order valence-corrected chi connectivity index (χ1v) is 6.21. The van der Waals surface area contributed by atoms with E-state index in [1.165, 1.54) is 5.57 Å². The molecule has 96 valence electrons. The fourth-order valence-corrected chi connectivity index (χ4v) is 1.85. The van der Waals surface area contributed by atoms with Gasteiger partial charge in [-0.3, -0.25) is 4.79 Å². The van der Waals surface area contributed by atoms with E-state index in [-0.39, 0.29) is 5.41 Å². The Bertz CT molecular complexity index is 348. The van der Waals surface area contributed by atoms with Gasteiger partial charge in [-0.05, 0) is 36.8 Å². The Morgan fingerprint density at radius 3 is 2.65 bits per heavy atom. The van der Waals surface area contributed by atoms with Gasteiger partial charge in [0, 0.05) is 0 Å². The van der Waals surface area contributed by atoms with Crippen LogP contribution in [-0.2, 0) is 9.53 Å². The zero-order valence-corrected chi connectivity index (χ0v) is 11.2. The maximum absolute atomic E-state index is 11.1. The van der Waals surface area contributed by atoms with Crippen molar-refractivity contribution in [3.8, 4) is 0 Å². The molecule has 0 aromatic heterocycles. The van der Waals surface area contributed by atoms with Crippen LogP contribution in [0.2, 0.25) is 0 Å². The lowest BCUT2D eigenvalue weighted by molar-refractivity contribution is -0.127. The molecule has 0 saturated carbocycles. The highest BCUT2D eigenvalue weighted by atomic mass is 16.5. The number of rotatable bonds is 4. The second kappa shape index (κ2) is 5.39. The number of hydrogen-bond acceptors (Lipinski definition) is 2. The number of allylic oxidation sites excluding steroid dienone is 3. The van der Waals surface area contributed by atoms with Gasteiger partial charge in [-0.15, -0.1) is 0 Å². The standard InChI is InChI=1S/C14H23NO2/c1-5-12(13(15)16)17-11-8-6-7-10(9-11)14(2,3)4/h8-9,12H,5-7H2,1-4H3,(H2,15,16). The Balaban J connectivity index is 2.76. The van der Waals surface area contributed by atoms with E-state index in [9.17, 15) is 4.79 Å². The van der Waals surface area contributed by atoms with Crippen molar-refractivity contribution < 1.29 is 9.53 Å². The lowest BCUT2D eigenvalue weighted by atomic mass is 9.81. The highest BCUT2D eigenvalue weighted by molar-refractivity contribution is 5.78. The number of carbonyl (C=O) groups is 1. The SMILES string of the molecule is CCC(OC1=CCCC(C(C)(C)C)=C1)C(N)=O. The summed E-state index contributed by atoms with van der Waals surface area (Å²) in [5.74, 6) is 0.386. The molecule has 2 N–H and O–H groups in total. The van der Waals surface area contributed by atoms with Crippen LogP contribution in [0.3, 0.4) is 0 Å². The number of ether oxygens (including phenoxy) is 1. The summed E-state index contributed by atoms with van der Waals surface area (Å²) in [6.45, 7) is 8.46. The molecule has 3 heteroatoms. The van der Waals surface area contributed by atoms with E-state index >= 15 is 0 Å². The molecule has 0 heterocycles. The van der Waals surface area contributed by atoms with E-state index in [0.717, 1.165) is 18.6 Å². The number of primary amides is 1. The quantitative estimate of drug-likeness (QED) is 0.817. The molecule has 1 atom stereocenters. The first-order chi connectivity index (χ1) is 7.84. The third-order valence-electron chi connectivity index (χ3n) is 3.01. The second-order valence-electron chi connectivity index (χ2n) is 5.48. The molecule has 0 bridgehead atoms. The van der Waals surface area contributed by atoms with Crippen molar-refractivity contribution in [3.63, 3.8) is 0 Å². The Kier molecular flexibility index (Phi) is 4.38. The van der Waals surface area contributed by atoms with Gasteiger partial charge >= 0.3 is 0 Å². The van der Waals surface area contributed by atoms with Crippen molar-refractivity contribution in [2.45, 2.75) is 53.1 Å². The molecule has 0 saturated heterocycles. The lowest BCUT2D eigenvalue weighted by Crippen LogP contribution is -2.30. The van der Waals surface area contributed by atoms with Crippen molar-refractivity contribution in [2.24, 2.45) is 11.1 Å². The van der Waals surface area contributed by atoms with E-state index in [4.69, 9.17) is 10.5 Å². The third kappa shape index (κ3) is 3.91. The molecule has 0 radical (unpaired) electrons. The number of nitrogens with two attached hydrogens (primary N) is 1. The maximum Gasteiger partial charge on any atom is 0.258 e. The Morgan fingerprint density at radius 2 is 2.18 bits per heavy atom. The summed E-state index contributed by atoms with van der Waals surface area (Å²) in [5, 5.41) is 0. The van der Waals surface area contributed by atoms with Gasteiger partial charge in [0.15, 0.2) is 6.10 Å². The summed E-state index contributed by atoms with van der Waals surface area (Å²) >= 11 is 0. The molecular weight excluding hydrogens is 214 g/mol. The molecule has 0 aromatic carbocycles. The minimum absolute atomic E-state index is 0.150. The highest BCUT2D eigenvalue weighted by Crippen LogP contribution is 2.33. The highest BCUT2D eigenvalue weighted by Gasteiger charge is 2.21. The molecular formula is C14H23NO2. The minimum atomic E-state index is -0.517. The summed E-state index contributed by atoms with van der Waals surface area (Å²) in [6, 6.07) is 0. The monoisotopic (exact) mass is 237 g/mol. The zero-order chi connectivity index (χ0) is 13.1. The van der Waals surface area contributed by atoms with Crippen LogP contribution in [0.1, 0.15) is 47.0 Å². The van der Waals surface area contributed by atoms with Crippen LogP contribution >= 0.6 is 0 Å². The molecule has 0 spiro atoms. The lowest BCUT2D eigenvalue weighted by Gasteiger charge is -2.27. The molecule has 0 fully saturated rings. The zero-order valence-electron chi connectivity index (χ0n) is 11.2. The van der Waals surface area contributed by atoms with E-state index in [1.807, 2.05) is 13.0 Å². The molecule has 0 aromatic rings. The van der Waals surface area contributed by atoms with Gasteiger partial charge in [-0.2, -0.15) is 0 Å². The third-order valence-corrected chi connectivity index (χ3v) is 3.01. The van der Waals surface area contributed by atoms with Gasteiger partial charge in [0.2, 0.25) is 0 Å². The number of carbonyl (C=O) groups excluding carboxylic acids is 1. The van der Waals surface area contributed by atoms with Gasteiger partial charge in [0.1, 0.15) is 5.76 Å². The van der Waals surface area contributed by atoms with Crippen LogP contribution in [0.15, 0.2) is 23.5 Å². The molecule has 0 aliphatic heterocycles. The van der Waals surface area contributed by atoms with Gasteiger partial charge in [-0.25, -0.2) is 0 Å². The van der Waals surface area contributed by atoms with Crippen molar-refractivity contribution >= 4 is 5.91 Å². The summed E-state index contributed by atoms with van der Waals surface area (Å²) < 4.78 is 5.64. The second-order valence-corrected chi connectivity index (χ2v) is 5.48. The van der Waals surface area contributed by atoms with Crippen LogP contribution in [0.25, 0.3) is 0 Å². The average molecular weight is 237 g/mol. The fraction of sp³-hybridized carbons (Fsp3) is 0.643. The first-order valence-electron chi connectivity index (χ1n) is 6.21. The predicted molar refractivity (Wildman–Crippen MR) is 69.2 cm³/mol.